The second-order valence-corrected chi connectivity index (χ2v) is 4.17. The van der Waals surface area contributed by atoms with Crippen LogP contribution in [0.25, 0.3) is 0 Å². The molecule has 1 aromatic carbocycles. The van der Waals surface area contributed by atoms with E-state index in [9.17, 15) is 0 Å². The van der Waals surface area contributed by atoms with Crippen LogP contribution in [0.2, 0.25) is 0 Å². The molecule has 0 saturated carbocycles. The second kappa shape index (κ2) is 5.32. The van der Waals surface area contributed by atoms with E-state index in [4.69, 9.17) is 15.2 Å². The third kappa shape index (κ3) is 2.36. The zero-order valence-corrected chi connectivity index (χ0v) is 9.69. The summed E-state index contributed by atoms with van der Waals surface area (Å²) < 4.78 is 10.9. The molecule has 2 N–H and O–H groups in total. The van der Waals surface area contributed by atoms with Gasteiger partial charge in [-0.15, -0.1) is 0 Å². The molecule has 0 aliphatic carbocycles. The highest BCUT2D eigenvalue weighted by atomic mass is 16.5. The normalized spacial score (nSPS) is 22.0. The van der Waals surface area contributed by atoms with Crippen LogP contribution >= 0.6 is 0 Å². The van der Waals surface area contributed by atoms with Crippen molar-refractivity contribution >= 4 is 0 Å². The number of rotatable bonds is 4. The van der Waals surface area contributed by atoms with Crippen molar-refractivity contribution in [2.45, 2.75) is 24.9 Å². The summed E-state index contributed by atoms with van der Waals surface area (Å²) in [4.78, 5) is 0. The summed E-state index contributed by atoms with van der Waals surface area (Å²) in [5.74, 6) is 1.19. The van der Waals surface area contributed by atoms with Crippen LogP contribution < -0.4 is 10.5 Å². The number of nitrogens with two attached hydrogens (primary N) is 1. The Bertz CT molecular complexity index is 317. The molecule has 1 aliphatic heterocycles. The topological polar surface area (TPSA) is 44.5 Å². The Morgan fingerprint density at radius 2 is 2.19 bits per heavy atom. The fourth-order valence-corrected chi connectivity index (χ4v) is 2.27. The van der Waals surface area contributed by atoms with E-state index in [-0.39, 0.29) is 0 Å². The highest BCUT2D eigenvalue weighted by molar-refractivity contribution is 5.30. The number of ether oxygens (including phenoxy) is 2. The molecule has 0 bridgehead atoms. The molecule has 3 heteroatoms. The summed E-state index contributed by atoms with van der Waals surface area (Å²) in [6.07, 6.45) is 2.56. The van der Waals surface area contributed by atoms with Crippen molar-refractivity contribution in [1.82, 2.24) is 0 Å². The Morgan fingerprint density at radius 1 is 1.44 bits per heavy atom. The molecule has 2 rings (SSSR count). The fourth-order valence-electron chi connectivity index (χ4n) is 2.27. The van der Waals surface area contributed by atoms with Gasteiger partial charge in [-0.2, -0.15) is 0 Å². The van der Waals surface area contributed by atoms with E-state index in [1.807, 2.05) is 12.1 Å². The van der Waals surface area contributed by atoms with Crippen LogP contribution in [0.15, 0.2) is 24.3 Å². The van der Waals surface area contributed by atoms with Crippen LogP contribution in [0.1, 0.15) is 24.3 Å². The van der Waals surface area contributed by atoms with Gasteiger partial charge in [0.25, 0.3) is 0 Å². The van der Waals surface area contributed by atoms with E-state index in [2.05, 4.69) is 12.1 Å². The molecular formula is C13H19NO2. The van der Waals surface area contributed by atoms with Gasteiger partial charge in [0.2, 0.25) is 0 Å². The average molecular weight is 221 g/mol. The molecule has 0 radical (unpaired) electrons. The van der Waals surface area contributed by atoms with E-state index in [0.29, 0.717) is 18.6 Å². The van der Waals surface area contributed by atoms with Crippen molar-refractivity contribution in [1.29, 1.82) is 0 Å². The molecule has 16 heavy (non-hydrogen) atoms. The van der Waals surface area contributed by atoms with Crippen LogP contribution in [0.4, 0.5) is 0 Å². The van der Waals surface area contributed by atoms with Crippen LogP contribution in [0, 0.1) is 0 Å². The molecule has 1 aliphatic rings. The molecule has 88 valence electrons. The minimum Gasteiger partial charge on any atom is -0.497 e. The van der Waals surface area contributed by atoms with E-state index in [1.165, 1.54) is 5.56 Å². The lowest BCUT2D eigenvalue weighted by atomic mass is 9.92. The lowest BCUT2D eigenvalue weighted by Crippen LogP contribution is -2.25. The van der Waals surface area contributed by atoms with Crippen LogP contribution in [-0.2, 0) is 4.74 Å². The van der Waals surface area contributed by atoms with Crippen molar-refractivity contribution < 1.29 is 9.47 Å². The van der Waals surface area contributed by atoms with Crippen molar-refractivity contribution in [3.05, 3.63) is 29.8 Å². The van der Waals surface area contributed by atoms with Gasteiger partial charge in [-0.05, 0) is 30.5 Å². The van der Waals surface area contributed by atoms with E-state index in [0.717, 1.165) is 25.2 Å². The molecule has 1 fully saturated rings. The summed E-state index contributed by atoms with van der Waals surface area (Å²) in [6, 6.07) is 8.12. The van der Waals surface area contributed by atoms with Crippen molar-refractivity contribution in [3.8, 4) is 5.75 Å². The summed E-state index contributed by atoms with van der Waals surface area (Å²) in [5.41, 5.74) is 7.09. The second-order valence-electron chi connectivity index (χ2n) is 4.17. The zero-order chi connectivity index (χ0) is 11.4. The molecule has 3 nitrogen and oxygen atoms in total. The minimum atomic E-state index is 0.290. The Balaban J connectivity index is 2.12. The van der Waals surface area contributed by atoms with E-state index in [1.54, 1.807) is 7.11 Å². The molecule has 1 heterocycles. The first-order valence-corrected chi connectivity index (χ1v) is 5.80. The maximum absolute atomic E-state index is 5.84. The molecule has 0 amide bonds. The maximum atomic E-state index is 5.84. The largest absolute Gasteiger partial charge is 0.497 e. The number of hydrogen-bond donors (Lipinski definition) is 1. The predicted octanol–water partition coefficient (Wildman–Crippen LogP) is 1.92. The summed E-state index contributed by atoms with van der Waals surface area (Å²) in [7, 11) is 1.68. The molecule has 1 aromatic rings. The Labute approximate surface area is 96.5 Å². The van der Waals surface area contributed by atoms with Gasteiger partial charge in [0.05, 0.1) is 13.2 Å². The third-order valence-electron chi connectivity index (χ3n) is 3.21. The van der Waals surface area contributed by atoms with Gasteiger partial charge < -0.3 is 15.2 Å². The zero-order valence-electron chi connectivity index (χ0n) is 9.69. The summed E-state index contributed by atoms with van der Waals surface area (Å²) >= 11 is 0. The van der Waals surface area contributed by atoms with Gasteiger partial charge in [-0.3, -0.25) is 0 Å². The number of methoxy groups -OCH3 is 1. The van der Waals surface area contributed by atoms with Gasteiger partial charge in [0.15, 0.2) is 0 Å². The van der Waals surface area contributed by atoms with Crippen molar-refractivity contribution in [2.24, 2.45) is 5.73 Å². The Hall–Kier alpha value is -1.06. The van der Waals surface area contributed by atoms with Crippen LogP contribution in [-0.4, -0.2) is 26.4 Å². The first kappa shape index (κ1) is 11.4. The minimum absolute atomic E-state index is 0.290. The van der Waals surface area contributed by atoms with E-state index >= 15 is 0 Å². The van der Waals surface area contributed by atoms with Gasteiger partial charge in [0, 0.05) is 19.1 Å². The first-order chi connectivity index (χ1) is 7.85. The van der Waals surface area contributed by atoms with Gasteiger partial charge in [0.1, 0.15) is 5.75 Å². The molecule has 1 saturated heterocycles. The molecular weight excluding hydrogens is 202 g/mol. The van der Waals surface area contributed by atoms with Gasteiger partial charge >= 0.3 is 0 Å². The first-order valence-electron chi connectivity index (χ1n) is 5.80. The van der Waals surface area contributed by atoms with Gasteiger partial charge in [-0.1, -0.05) is 12.1 Å². The highest BCUT2D eigenvalue weighted by Crippen LogP contribution is 2.29. The summed E-state index contributed by atoms with van der Waals surface area (Å²) in [6.45, 7) is 1.51. The fraction of sp³-hybridized carbons (Fsp3) is 0.538. The smallest absolute Gasteiger partial charge is 0.118 e. The molecule has 0 aromatic heterocycles. The van der Waals surface area contributed by atoms with Crippen molar-refractivity contribution in [3.63, 3.8) is 0 Å². The Morgan fingerprint density at radius 3 is 2.69 bits per heavy atom. The molecule has 0 spiro atoms. The summed E-state index contributed by atoms with van der Waals surface area (Å²) in [5, 5.41) is 0. The Kier molecular flexibility index (Phi) is 3.80. The maximum Gasteiger partial charge on any atom is 0.118 e. The predicted molar refractivity (Wildman–Crippen MR) is 63.8 cm³/mol. The van der Waals surface area contributed by atoms with Crippen LogP contribution in [0.5, 0.6) is 5.75 Å². The SMILES string of the molecule is COc1ccc(C(CN)C2CCCO2)cc1. The quantitative estimate of drug-likeness (QED) is 0.844. The lowest BCUT2D eigenvalue weighted by Gasteiger charge is -2.21. The lowest BCUT2D eigenvalue weighted by molar-refractivity contribution is 0.0905. The third-order valence-corrected chi connectivity index (χ3v) is 3.21. The van der Waals surface area contributed by atoms with Crippen LogP contribution in [0.3, 0.4) is 0 Å². The standard InChI is InChI=1S/C13H19NO2/c1-15-11-6-4-10(5-7-11)12(9-14)13-3-2-8-16-13/h4-7,12-13H,2-3,8-9,14H2,1H3. The molecule has 2 unspecified atom stereocenters. The number of hydrogen-bond acceptors (Lipinski definition) is 3. The van der Waals surface area contributed by atoms with Gasteiger partial charge in [-0.25, -0.2) is 0 Å². The molecule has 2 atom stereocenters. The van der Waals surface area contributed by atoms with E-state index < -0.39 is 0 Å². The monoisotopic (exact) mass is 221 g/mol. The average Bonchev–Trinajstić information content (AvgIpc) is 2.85. The highest BCUT2D eigenvalue weighted by Gasteiger charge is 2.26. The number of benzene rings is 1. The van der Waals surface area contributed by atoms with Crippen molar-refractivity contribution in [2.75, 3.05) is 20.3 Å².